The van der Waals surface area contributed by atoms with E-state index in [0.29, 0.717) is 42.9 Å². The maximum Gasteiger partial charge on any atom is 0.179 e. The average Bonchev–Trinajstić information content (AvgIpc) is 2.60. The third kappa shape index (κ3) is 5.53. The van der Waals surface area contributed by atoms with E-state index < -0.39 is 0 Å². The molecule has 0 amide bonds. The molecule has 2 N–H and O–H groups in total. The Labute approximate surface area is 167 Å². The van der Waals surface area contributed by atoms with E-state index in [2.05, 4.69) is 45.9 Å². The van der Waals surface area contributed by atoms with Crippen molar-refractivity contribution in [2.24, 2.45) is 5.73 Å². The van der Waals surface area contributed by atoms with Gasteiger partial charge in [-0.2, -0.15) is 0 Å². The Morgan fingerprint density at radius 3 is 2.26 bits per heavy atom. The Morgan fingerprint density at radius 1 is 1.00 bits per heavy atom. The van der Waals surface area contributed by atoms with Gasteiger partial charge in [-0.25, -0.2) is 0 Å². The van der Waals surface area contributed by atoms with Crippen molar-refractivity contribution in [1.82, 2.24) is 0 Å². The number of halogens is 1. The summed E-state index contributed by atoms with van der Waals surface area (Å²) in [5.41, 5.74) is 8.92. The van der Waals surface area contributed by atoms with E-state index in [1.165, 1.54) is 5.56 Å². The minimum atomic E-state index is 0.00566. The van der Waals surface area contributed by atoms with Crippen LogP contribution in [0.2, 0.25) is 5.02 Å². The molecule has 0 aromatic heterocycles. The molecular formula is C22H30ClNO3. The van der Waals surface area contributed by atoms with Gasteiger partial charge < -0.3 is 19.9 Å². The lowest BCUT2D eigenvalue weighted by molar-refractivity contribution is 0.205. The van der Waals surface area contributed by atoms with Crippen LogP contribution in [0, 0.1) is 6.92 Å². The average molecular weight is 392 g/mol. The van der Waals surface area contributed by atoms with Gasteiger partial charge in [-0.3, -0.25) is 0 Å². The highest BCUT2D eigenvalue weighted by molar-refractivity contribution is 6.32. The number of nitrogens with two attached hydrogens (primary N) is 1. The molecule has 0 spiro atoms. The van der Waals surface area contributed by atoms with Gasteiger partial charge in [-0.1, -0.05) is 50.6 Å². The van der Waals surface area contributed by atoms with E-state index in [4.69, 9.17) is 31.5 Å². The molecule has 0 fully saturated rings. The van der Waals surface area contributed by atoms with Crippen molar-refractivity contribution in [3.05, 3.63) is 52.0 Å². The number of ether oxygens (including phenoxy) is 3. The predicted octanol–water partition coefficient (Wildman–Crippen LogP) is 5.26. The van der Waals surface area contributed by atoms with Gasteiger partial charge in [-0.15, -0.1) is 0 Å². The lowest BCUT2D eigenvalue weighted by atomic mass is 9.85. The molecule has 0 aliphatic heterocycles. The quantitative estimate of drug-likeness (QED) is 0.623. The second-order valence-electron chi connectivity index (χ2n) is 7.44. The standard InChI is InChI=1S/C22H30ClNO3/c1-6-25-19-13-16(14-24)12-18(23)21(19)27-11-10-26-20-15(2)8-7-9-17(20)22(3,4)5/h7-9,12-13H,6,10-11,14,24H2,1-5H3. The summed E-state index contributed by atoms with van der Waals surface area (Å²) in [5.74, 6) is 2.06. The summed E-state index contributed by atoms with van der Waals surface area (Å²) in [6, 6.07) is 9.90. The van der Waals surface area contributed by atoms with Crippen LogP contribution in [0.5, 0.6) is 17.2 Å². The van der Waals surface area contributed by atoms with Crippen molar-refractivity contribution in [3.63, 3.8) is 0 Å². The highest BCUT2D eigenvalue weighted by Gasteiger charge is 2.20. The first kappa shape index (κ1) is 21.4. The molecule has 0 aliphatic rings. The summed E-state index contributed by atoms with van der Waals surface area (Å²) < 4.78 is 17.6. The van der Waals surface area contributed by atoms with Crippen LogP contribution in [0.3, 0.4) is 0 Å². The monoisotopic (exact) mass is 391 g/mol. The maximum atomic E-state index is 6.35. The largest absolute Gasteiger partial charge is 0.490 e. The fraction of sp³-hybridized carbons (Fsp3) is 0.455. The molecule has 5 heteroatoms. The Hall–Kier alpha value is -1.91. The SMILES string of the molecule is CCOc1cc(CN)cc(Cl)c1OCCOc1c(C)cccc1C(C)(C)C. The van der Waals surface area contributed by atoms with Crippen molar-refractivity contribution in [2.75, 3.05) is 19.8 Å². The fourth-order valence-electron chi connectivity index (χ4n) is 2.86. The first-order chi connectivity index (χ1) is 12.8. The maximum absolute atomic E-state index is 6.35. The number of para-hydroxylation sites is 1. The van der Waals surface area contributed by atoms with Crippen molar-refractivity contribution < 1.29 is 14.2 Å². The van der Waals surface area contributed by atoms with Crippen molar-refractivity contribution >= 4 is 11.6 Å². The minimum absolute atomic E-state index is 0.00566. The van der Waals surface area contributed by atoms with Gasteiger partial charge in [0.15, 0.2) is 11.5 Å². The molecule has 0 radical (unpaired) electrons. The number of benzene rings is 2. The van der Waals surface area contributed by atoms with E-state index in [0.717, 1.165) is 16.9 Å². The molecule has 27 heavy (non-hydrogen) atoms. The highest BCUT2D eigenvalue weighted by Crippen LogP contribution is 2.37. The first-order valence-corrected chi connectivity index (χ1v) is 9.66. The van der Waals surface area contributed by atoms with Crippen molar-refractivity contribution in [2.45, 2.75) is 46.6 Å². The number of hydrogen-bond acceptors (Lipinski definition) is 4. The lowest BCUT2D eigenvalue weighted by Gasteiger charge is -2.24. The molecule has 0 heterocycles. The first-order valence-electron chi connectivity index (χ1n) is 9.29. The van der Waals surface area contributed by atoms with E-state index in [1.54, 1.807) is 6.07 Å². The lowest BCUT2D eigenvalue weighted by Crippen LogP contribution is -2.17. The number of aryl methyl sites for hydroxylation is 1. The summed E-state index contributed by atoms with van der Waals surface area (Å²) in [7, 11) is 0. The second kappa shape index (κ2) is 9.34. The molecule has 0 saturated heterocycles. The molecular weight excluding hydrogens is 362 g/mol. The molecule has 0 atom stereocenters. The van der Waals surface area contributed by atoms with E-state index in [-0.39, 0.29) is 5.41 Å². The van der Waals surface area contributed by atoms with Gasteiger partial charge in [-0.05, 0) is 48.1 Å². The molecule has 148 valence electrons. The highest BCUT2D eigenvalue weighted by atomic mass is 35.5. The molecule has 4 nitrogen and oxygen atoms in total. The van der Waals surface area contributed by atoms with E-state index in [9.17, 15) is 0 Å². The predicted molar refractivity (Wildman–Crippen MR) is 111 cm³/mol. The Kier molecular flexibility index (Phi) is 7.40. The van der Waals surface area contributed by atoms with Crippen molar-refractivity contribution in [3.8, 4) is 17.2 Å². The van der Waals surface area contributed by atoms with Crippen LogP contribution in [0.4, 0.5) is 0 Å². The number of hydrogen-bond donors (Lipinski definition) is 1. The molecule has 2 aromatic carbocycles. The van der Waals surface area contributed by atoms with Crippen LogP contribution in [0.25, 0.3) is 0 Å². The van der Waals surface area contributed by atoms with Gasteiger partial charge in [0.2, 0.25) is 0 Å². The Morgan fingerprint density at radius 2 is 1.67 bits per heavy atom. The van der Waals surface area contributed by atoms with Crippen LogP contribution >= 0.6 is 11.6 Å². The molecule has 2 aromatic rings. The second-order valence-corrected chi connectivity index (χ2v) is 7.85. The fourth-order valence-corrected chi connectivity index (χ4v) is 3.15. The van der Waals surface area contributed by atoms with Crippen LogP contribution in [0.15, 0.2) is 30.3 Å². The molecule has 0 unspecified atom stereocenters. The zero-order valence-electron chi connectivity index (χ0n) is 16.9. The van der Waals surface area contributed by atoms with Crippen LogP contribution in [0.1, 0.15) is 44.4 Å². The molecule has 0 bridgehead atoms. The van der Waals surface area contributed by atoms with Gasteiger partial charge in [0.1, 0.15) is 19.0 Å². The molecule has 0 aliphatic carbocycles. The van der Waals surface area contributed by atoms with E-state index in [1.807, 2.05) is 13.0 Å². The Balaban J connectivity index is 2.08. The zero-order valence-corrected chi connectivity index (χ0v) is 17.7. The smallest absolute Gasteiger partial charge is 0.179 e. The normalized spacial score (nSPS) is 11.4. The Bertz CT molecular complexity index is 769. The van der Waals surface area contributed by atoms with Gasteiger partial charge in [0.25, 0.3) is 0 Å². The van der Waals surface area contributed by atoms with Gasteiger partial charge in [0, 0.05) is 6.54 Å². The summed E-state index contributed by atoms with van der Waals surface area (Å²) in [6.07, 6.45) is 0. The molecule has 0 saturated carbocycles. The summed E-state index contributed by atoms with van der Waals surface area (Å²) in [4.78, 5) is 0. The third-order valence-electron chi connectivity index (χ3n) is 4.20. The minimum Gasteiger partial charge on any atom is -0.490 e. The summed E-state index contributed by atoms with van der Waals surface area (Å²) in [6.45, 7) is 12.2. The van der Waals surface area contributed by atoms with Gasteiger partial charge >= 0.3 is 0 Å². The summed E-state index contributed by atoms with van der Waals surface area (Å²) in [5, 5.41) is 0.493. The van der Waals surface area contributed by atoms with Gasteiger partial charge in [0.05, 0.1) is 11.6 Å². The van der Waals surface area contributed by atoms with E-state index >= 15 is 0 Å². The zero-order chi connectivity index (χ0) is 20.0. The number of rotatable bonds is 8. The topological polar surface area (TPSA) is 53.7 Å². The van der Waals surface area contributed by atoms with Crippen LogP contribution < -0.4 is 19.9 Å². The molecule has 2 rings (SSSR count). The third-order valence-corrected chi connectivity index (χ3v) is 4.48. The summed E-state index contributed by atoms with van der Waals surface area (Å²) >= 11 is 6.35. The van der Waals surface area contributed by atoms with Crippen LogP contribution in [-0.4, -0.2) is 19.8 Å². The van der Waals surface area contributed by atoms with Crippen molar-refractivity contribution in [1.29, 1.82) is 0 Å². The van der Waals surface area contributed by atoms with Crippen LogP contribution in [-0.2, 0) is 12.0 Å².